The van der Waals surface area contributed by atoms with Crippen molar-refractivity contribution in [2.24, 2.45) is 0 Å². The minimum atomic E-state index is 0.611. The van der Waals surface area contributed by atoms with Gasteiger partial charge in [0.15, 0.2) is 0 Å². The number of benzene rings is 5. The zero-order valence-corrected chi connectivity index (χ0v) is 22.9. The molecule has 4 aromatic heterocycles. The number of aromatic nitrogens is 5. The topological polar surface area (TPSA) is 63.8 Å². The first-order valence-corrected chi connectivity index (χ1v) is 14.2. The molecule has 0 unspecified atom stereocenters. The van der Waals surface area contributed by atoms with Crippen LogP contribution in [0.5, 0.6) is 0 Å². The number of nitriles is 1. The van der Waals surface area contributed by atoms with Crippen LogP contribution >= 0.6 is 0 Å². The van der Waals surface area contributed by atoms with Crippen molar-refractivity contribution in [1.29, 1.82) is 5.26 Å². The van der Waals surface area contributed by atoms with Crippen LogP contribution in [0.2, 0.25) is 0 Å². The number of fused-ring (bicyclic) bond motifs is 8. The summed E-state index contributed by atoms with van der Waals surface area (Å²) in [5.74, 6) is 0.833. The maximum atomic E-state index is 10.3. The fraction of sp³-hybridized carbons (Fsp3) is 0. The third-order valence-corrected chi connectivity index (χ3v) is 8.40. The van der Waals surface area contributed by atoms with E-state index in [1.807, 2.05) is 60.9 Å². The highest BCUT2D eigenvalue weighted by atomic mass is 15.2. The fourth-order valence-corrected chi connectivity index (χ4v) is 6.57. The van der Waals surface area contributed by atoms with Gasteiger partial charge in [0.2, 0.25) is 5.78 Å². The van der Waals surface area contributed by atoms with Gasteiger partial charge in [-0.25, -0.2) is 4.98 Å². The highest BCUT2D eigenvalue weighted by molar-refractivity contribution is 6.09. The van der Waals surface area contributed by atoms with Gasteiger partial charge in [0, 0.05) is 40.0 Å². The van der Waals surface area contributed by atoms with E-state index in [1.165, 1.54) is 0 Å². The summed E-state index contributed by atoms with van der Waals surface area (Å²) in [5, 5.41) is 12.6. The van der Waals surface area contributed by atoms with Gasteiger partial charge in [-0.1, -0.05) is 60.7 Å². The minimum absolute atomic E-state index is 0.611. The number of imidazole rings is 2. The molecule has 9 aromatic rings. The van der Waals surface area contributed by atoms with E-state index >= 15 is 0 Å². The lowest BCUT2D eigenvalue weighted by atomic mass is 9.97. The van der Waals surface area contributed by atoms with Crippen molar-refractivity contribution in [1.82, 2.24) is 23.5 Å². The van der Waals surface area contributed by atoms with Crippen molar-refractivity contribution in [3.05, 3.63) is 139 Å². The molecule has 0 atom stereocenters. The van der Waals surface area contributed by atoms with Crippen LogP contribution < -0.4 is 0 Å². The molecule has 0 aliphatic rings. The highest BCUT2D eigenvalue weighted by Gasteiger charge is 2.21. The normalized spacial score (nSPS) is 11.7. The minimum Gasteiger partial charge on any atom is -0.309 e. The Morgan fingerprint density at radius 3 is 2.19 bits per heavy atom. The second kappa shape index (κ2) is 8.90. The molecule has 0 aliphatic carbocycles. The number of hydrogen-bond donors (Lipinski definition) is 0. The van der Waals surface area contributed by atoms with Crippen LogP contribution in [-0.4, -0.2) is 23.5 Å². The monoisotopic (exact) mass is 550 g/mol. The molecule has 43 heavy (non-hydrogen) atoms. The molecular formula is C37H22N6. The Morgan fingerprint density at radius 2 is 1.30 bits per heavy atom. The predicted octanol–water partition coefficient (Wildman–Crippen LogP) is 8.46. The molecule has 4 heterocycles. The largest absolute Gasteiger partial charge is 0.309 e. The number of hydrogen-bond acceptors (Lipinski definition) is 3. The summed E-state index contributed by atoms with van der Waals surface area (Å²) in [7, 11) is 0. The van der Waals surface area contributed by atoms with E-state index in [0.29, 0.717) is 5.56 Å². The summed E-state index contributed by atoms with van der Waals surface area (Å²) < 4.78 is 6.68. The molecular weight excluding hydrogens is 528 g/mol. The Balaban J connectivity index is 1.35. The first kappa shape index (κ1) is 23.5. The molecule has 0 N–H and O–H groups in total. The van der Waals surface area contributed by atoms with Gasteiger partial charge in [-0.05, 0) is 60.7 Å². The average molecular weight is 551 g/mol. The molecule has 6 nitrogen and oxygen atoms in total. The lowest BCUT2D eigenvalue weighted by Gasteiger charge is -2.15. The number of nitrogens with zero attached hydrogens (tertiary/aromatic N) is 6. The van der Waals surface area contributed by atoms with Gasteiger partial charge < -0.3 is 4.57 Å². The van der Waals surface area contributed by atoms with Crippen LogP contribution in [0, 0.1) is 11.3 Å². The molecule has 200 valence electrons. The van der Waals surface area contributed by atoms with Crippen LogP contribution in [0.3, 0.4) is 0 Å². The Hall–Kier alpha value is -6.19. The van der Waals surface area contributed by atoms with Gasteiger partial charge in [0.25, 0.3) is 0 Å². The fourth-order valence-electron chi connectivity index (χ4n) is 6.57. The van der Waals surface area contributed by atoms with Crippen molar-refractivity contribution < 1.29 is 0 Å². The molecule has 0 aliphatic heterocycles. The van der Waals surface area contributed by atoms with E-state index in [4.69, 9.17) is 4.98 Å². The van der Waals surface area contributed by atoms with Crippen LogP contribution in [0.1, 0.15) is 5.56 Å². The van der Waals surface area contributed by atoms with Gasteiger partial charge in [-0.3, -0.25) is 14.0 Å². The van der Waals surface area contributed by atoms with Gasteiger partial charge in [-0.15, -0.1) is 0 Å². The zero-order chi connectivity index (χ0) is 28.5. The van der Waals surface area contributed by atoms with Gasteiger partial charge in [0.1, 0.15) is 0 Å². The Labute approximate surface area is 245 Å². The van der Waals surface area contributed by atoms with Gasteiger partial charge >= 0.3 is 0 Å². The smallest absolute Gasteiger partial charge is 0.220 e. The second-order valence-electron chi connectivity index (χ2n) is 10.7. The Bertz CT molecular complexity index is 2540. The van der Waals surface area contributed by atoms with Crippen LogP contribution in [0.15, 0.2) is 134 Å². The van der Waals surface area contributed by atoms with Crippen LogP contribution in [-0.2, 0) is 0 Å². The van der Waals surface area contributed by atoms with E-state index in [1.54, 1.807) is 0 Å². The predicted molar refractivity (Wildman–Crippen MR) is 172 cm³/mol. The van der Waals surface area contributed by atoms with E-state index < -0.39 is 0 Å². The summed E-state index contributed by atoms with van der Waals surface area (Å²) in [4.78, 5) is 9.48. The van der Waals surface area contributed by atoms with Crippen molar-refractivity contribution in [3.8, 4) is 28.6 Å². The summed E-state index contributed by atoms with van der Waals surface area (Å²) in [5.41, 5.74) is 10.7. The highest BCUT2D eigenvalue weighted by Crippen LogP contribution is 2.38. The molecule has 9 rings (SSSR count). The molecule has 0 amide bonds. The van der Waals surface area contributed by atoms with Crippen LogP contribution in [0.25, 0.3) is 72.2 Å². The van der Waals surface area contributed by atoms with Gasteiger partial charge in [0.05, 0.1) is 50.4 Å². The Kier molecular flexibility index (Phi) is 4.87. The third kappa shape index (κ3) is 3.27. The summed E-state index contributed by atoms with van der Waals surface area (Å²) in [6.45, 7) is 0. The maximum absolute atomic E-state index is 10.3. The molecule has 0 fully saturated rings. The summed E-state index contributed by atoms with van der Waals surface area (Å²) in [6.07, 6.45) is 3.75. The van der Waals surface area contributed by atoms with E-state index in [-0.39, 0.29) is 0 Å². The Morgan fingerprint density at radius 1 is 0.581 bits per heavy atom. The van der Waals surface area contributed by atoms with Crippen molar-refractivity contribution in [3.63, 3.8) is 0 Å². The average Bonchev–Trinajstić information content (AvgIpc) is 3.71. The zero-order valence-electron chi connectivity index (χ0n) is 22.9. The molecule has 0 bridgehead atoms. The maximum Gasteiger partial charge on any atom is 0.220 e. The summed E-state index contributed by atoms with van der Waals surface area (Å²) in [6, 6.07) is 43.9. The second-order valence-corrected chi connectivity index (χ2v) is 10.7. The standard InChI is InChI=1S/C37H22N6/c38-22-24-17-18-25(41-31-12-4-2-10-27(31)29-23-39-20-19-33(29)41)21-28(24)26-9-1-5-13-32(26)42-35-15-7-8-16-36(35)43-34-14-6-3-11-30(34)40-37(42)43/h1-21,23H. The molecule has 0 saturated heterocycles. The number of pyridine rings is 1. The van der Waals surface area contributed by atoms with E-state index in [2.05, 4.69) is 97.4 Å². The number of rotatable bonds is 3. The van der Waals surface area contributed by atoms with Crippen LogP contribution in [0.4, 0.5) is 0 Å². The van der Waals surface area contributed by atoms with Crippen molar-refractivity contribution >= 4 is 49.7 Å². The molecule has 5 aromatic carbocycles. The lowest BCUT2D eigenvalue weighted by Crippen LogP contribution is -2.00. The van der Waals surface area contributed by atoms with Crippen molar-refractivity contribution in [2.45, 2.75) is 0 Å². The number of para-hydroxylation sites is 6. The molecule has 0 saturated carbocycles. The van der Waals surface area contributed by atoms with E-state index in [0.717, 1.165) is 72.2 Å². The van der Waals surface area contributed by atoms with Crippen molar-refractivity contribution in [2.75, 3.05) is 0 Å². The lowest BCUT2D eigenvalue weighted by molar-refractivity contribution is 1.11. The quantitative estimate of drug-likeness (QED) is 0.222. The molecule has 0 radical (unpaired) electrons. The third-order valence-electron chi connectivity index (χ3n) is 8.40. The summed E-state index contributed by atoms with van der Waals surface area (Å²) >= 11 is 0. The van der Waals surface area contributed by atoms with E-state index in [9.17, 15) is 5.26 Å². The SMILES string of the molecule is N#Cc1ccc(-n2c3ccccc3c3cnccc32)cc1-c1ccccc1-n1c2ccccc2n2c3ccccc3nc12. The molecule has 6 heteroatoms. The van der Waals surface area contributed by atoms with Gasteiger partial charge in [-0.2, -0.15) is 5.26 Å². The molecule has 0 spiro atoms. The first-order valence-electron chi connectivity index (χ1n) is 14.2. The first-order chi connectivity index (χ1) is 21.3.